The molecule has 1 heterocycles. The van der Waals surface area contributed by atoms with Gasteiger partial charge in [-0.15, -0.1) is 0 Å². The summed E-state index contributed by atoms with van der Waals surface area (Å²) in [5.74, 6) is 0. The van der Waals surface area contributed by atoms with Crippen molar-refractivity contribution in [1.82, 2.24) is 14.7 Å². The molecular formula is C14H18N4O2. The Hall–Kier alpha value is -2.50. The Morgan fingerprint density at radius 2 is 2.15 bits per heavy atom. The van der Waals surface area contributed by atoms with Crippen molar-refractivity contribution < 1.29 is 9.90 Å². The summed E-state index contributed by atoms with van der Waals surface area (Å²) < 4.78 is 1.78. The van der Waals surface area contributed by atoms with Crippen molar-refractivity contribution in [3.63, 3.8) is 0 Å². The standard InChI is InChI=1S/C14H18N4O2/c1-17(14(19)20)8-7-13(11-5-3-2-4-6-11)18-10-12(15)9-16-18/h2-6,9-10,13H,7-8,15H2,1H3,(H,19,20). The van der Waals surface area contributed by atoms with Crippen LogP contribution >= 0.6 is 0 Å². The first-order chi connectivity index (χ1) is 9.58. The van der Waals surface area contributed by atoms with Gasteiger partial charge in [-0.25, -0.2) is 4.79 Å². The molecule has 0 saturated carbocycles. The van der Waals surface area contributed by atoms with Crippen LogP contribution in [0.5, 0.6) is 0 Å². The SMILES string of the molecule is CN(CCC(c1ccccc1)n1cc(N)cn1)C(=O)O. The second-order valence-corrected chi connectivity index (χ2v) is 4.67. The van der Waals surface area contributed by atoms with Crippen LogP contribution in [0.3, 0.4) is 0 Å². The van der Waals surface area contributed by atoms with E-state index in [1.165, 1.54) is 4.90 Å². The Kier molecular flexibility index (Phi) is 4.24. The largest absolute Gasteiger partial charge is 0.465 e. The average molecular weight is 274 g/mol. The number of rotatable bonds is 5. The van der Waals surface area contributed by atoms with E-state index in [4.69, 9.17) is 10.8 Å². The molecule has 6 nitrogen and oxygen atoms in total. The molecule has 0 spiro atoms. The molecule has 2 rings (SSSR count). The van der Waals surface area contributed by atoms with E-state index in [-0.39, 0.29) is 6.04 Å². The third-order valence-corrected chi connectivity index (χ3v) is 3.19. The van der Waals surface area contributed by atoms with E-state index in [1.54, 1.807) is 24.1 Å². The summed E-state index contributed by atoms with van der Waals surface area (Å²) in [6, 6.07) is 9.83. The van der Waals surface area contributed by atoms with Gasteiger partial charge in [0.25, 0.3) is 0 Å². The van der Waals surface area contributed by atoms with Crippen molar-refractivity contribution in [1.29, 1.82) is 0 Å². The first-order valence-electron chi connectivity index (χ1n) is 6.36. The molecule has 1 unspecified atom stereocenters. The van der Waals surface area contributed by atoms with E-state index in [9.17, 15) is 4.79 Å². The molecule has 0 aliphatic heterocycles. The van der Waals surface area contributed by atoms with Crippen molar-refractivity contribution in [2.45, 2.75) is 12.5 Å². The molecule has 0 saturated heterocycles. The average Bonchev–Trinajstić information content (AvgIpc) is 2.86. The number of nitrogens with zero attached hydrogens (tertiary/aromatic N) is 3. The highest BCUT2D eigenvalue weighted by Crippen LogP contribution is 2.22. The normalized spacial score (nSPS) is 12.1. The van der Waals surface area contributed by atoms with E-state index >= 15 is 0 Å². The van der Waals surface area contributed by atoms with Gasteiger partial charge in [-0.05, 0) is 12.0 Å². The number of aromatic nitrogens is 2. The summed E-state index contributed by atoms with van der Waals surface area (Å²) in [4.78, 5) is 12.1. The Bertz CT molecular complexity index is 568. The molecule has 2 aromatic rings. The number of carboxylic acid groups (broad SMARTS) is 1. The van der Waals surface area contributed by atoms with Crippen molar-refractivity contribution in [2.75, 3.05) is 19.3 Å². The van der Waals surface area contributed by atoms with Crippen molar-refractivity contribution in [3.05, 3.63) is 48.3 Å². The number of benzene rings is 1. The molecule has 1 atom stereocenters. The summed E-state index contributed by atoms with van der Waals surface area (Å²) in [6.07, 6.45) is 3.06. The minimum absolute atomic E-state index is 0.0321. The van der Waals surface area contributed by atoms with Gasteiger partial charge in [0.1, 0.15) is 0 Å². The maximum absolute atomic E-state index is 10.9. The highest BCUT2D eigenvalue weighted by Gasteiger charge is 2.16. The van der Waals surface area contributed by atoms with Gasteiger partial charge in [-0.2, -0.15) is 5.10 Å². The highest BCUT2D eigenvalue weighted by molar-refractivity contribution is 5.64. The Morgan fingerprint density at radius 3 is 2.70 bits per heavy atom. The Labute approximate surface area is 117 Å². The molecule has 6 heteroatoms. The first kappa shape index (κ1) is 13.9. The monoisotopic (exact) mass is 274 g/mol. The number of nitrogen functional groups attached to an aromatic ring is 1. The van der Waals surface area contributed by atoms with Crippen LogP contribution in [0.4, 0.5) is 10.5 Å². The fourth-order valence-electron chi connectivity index (χ4n) is 2.06. The molecule has 20 heavy (non-hydrogen) atoms. The van der Waals surface area contributed by atoms with Crippen LogP contribution < -0.4 is 5.73 Å². The van der Waals surface area contributed by atoms with E-state index in [1.807, 2.05) is 30.3 Å². The maximum Gasteiger partial charge on any atom is 0.407 e. The summed E-state index contributed by atoms with van der Waals surface area (Å²) in [5, 5.41) is 13.2. The molecule has 0 fully saturated rings. The fraction of sp³-hybridized carbons (Fsp3) is 0.286. The summed E-state index contributed by atoms with van der Waals surface area (Å²) in [5.41, 5.74) is 7.38. The van der Waals surface area contributed by atoms with Crippen LogP contribution in [0.25, 0.3) is 0 Å². The topological polar surface area (TPSA) is 84.4 Å². The van der Waals surface area contributed by atoms with Crippen LogP contribution in [0.15, 0.2) is 42.7 Å². The van der Waals surface area contributed by atoms with Crippen LogP contribution in [0, 0.1) is 0 Å². The number of hydrogen-bond acceptors (Lipinski definition) is 3. The molecule has 106 valence electrons. The summed E-state index contributed by atoms with van der Waals surface area (Å²) >= 11 is 0. The van der Waals surface area contributed by atoms with Gasteiger partial charge < -0.3 is 15.7 Å². The zero-order chi connectivity index (χ0) is 14.5. The molecule has 0 radical (unpaired) electrons. The molecule has 1 aromatic carbocycles. The van der Waals surface area contributed by atoms with Crippen molar-refractivity contribution in [2.24, 2.45) is 0 Å². The number of nitrogens with two attached hydrogens (primary N) is 1. The second-order valence-electron chi connectivity index (χ2n) is 4.67. The van der Waals surface area contributed by atoms with Gasteiger partial charge in [0.2, 0.25) is 0 Å². The Balaban J connectivity index is 2.19. The van der Waals surface area contributed by atoms with E-state index in [2.05, 4.69) is 5.10 Å². The van der Waals surface area contributed by atoms with E-state index in [0.717, 1.165) is 5.56 Å². The molecular weight excluding hydrogens is 256 g/mol. The van der Waals surface area contributed by atoms with E-state index in [0.29, 0.717) is 18.7 Å². The number of amides is 1. The zero-order valence-corrected chi connectivity index (χ0v) is 11.3. The zero-order valence-electron chi connectivity index (χ0n) is 11.3. The molecule has 1 aromatic heterocycles. The van der Waals surface area contributed by atoms with E-state index < -0.39 is 6.09 Å². The lowest BCUT2D eigenvalue weighted by atomic mass is 10.0. The molecule has 0 aliphatic rings. The lowest BCUT2D eigenvalue weighted by Gasteiger charge is -2.21. The summed E-state index contributed by atoms with van der Waals surface area (Å²) in [7, 11) is 1.56. The maximum atomic E-state index is 10.9. The number of hydrogen-bond donors (Lipinski definition) is 2. The van der Waals surface area contributed by atoms with Crippen molar-refractivity contribution in [3.8, 4) is 0 Å². The fourth-order valence-corrected chi connectivity index (χ4v) is 2.06. The third-order valence-electron chi connectivity index (χ3n) is 3.19. The lowest BCUT2D eigenvalue weighted by Crippen LogP contribution is -2.28. The number of carbonyl (C=O) groups is 1. The van der Waals surface area contributed by atoms with Gasteiger partial charge in [-0.3, -0.25) is 4.68 Å². The van der Waals surface area contributed by atoms with Gasteiger partial charge in [0.15, 0.2) is 0 Å². The second kappa shape index (κ2) is 6.10. The Morgan fingerprint density at radius 1 is 1.45 bits per heavy atom. The molecule has 1 amide bonds. The van der Waals surface area contributed by atoms with Crippen LogP contribution in [-0.4, -0.2) is 39.5 Å². The number of anilines is 1. The first-order valence-corrected chi connectivity index (χ1v) is 6.36. The van der Waals surface area contributed by atoms with Crippen LogP contribution in [0.1, 0.15) is 18.0 Å². The molecule has 0 bridgehead atoms. The summed E-state index contributed by atoms with van der Waals surface area (Å²) in [6.45, 7) is 0.425. The highest BCUT2D eigenvalue weighted by atomic mass is 16.4. The van der Waals surface area contributed by atoms with Crippen LogP contribution in [0.2, 0.25) is 0 Å². The quantitative estimate of drug-likeness (QED) is 0.874. The predicted molar refractivity (Wildman–Crippen MR) is 76.5 cm³/mol. The molecule has 0 aliphatic carbocycles. The van der Waals surface area contributed by atoms with Crippen LogP contribution in [-0.2, 0) is 0 Å². The van der Waals surface area contributed by atoms with Gasteiger partial charge in [-0.1, -0.05) is 30.3 Å². The van der Waals surface area contributed by atoms with Gasteiger partial charge in [0.05, 0.1) is 17.9 Å². The smallest absolute Gasteiger partial charge is 0.407 e. The van der Waals surface area contributed by atoms with Crippen molar-refractivity contribution >= 4 is 11.8 Å². The molecule has 3 N–H and O–H groups in total. The lowest BCUT2D eigenvalue weighted by molar-refractivity contribution is 0.154. The van der Waals surface area contributed by atoms with Gasteiger partial charge >= 0.3 is 6.09 Å². The van der Waals surface area contributed by atoms with Gasteiger partial charge in [0, 0.05) is 19.8 Å². The third kappa shape index (κ3) is 3.28. The minimum Gasteiger partial charge on any atom is -0.465 e. The minimum atomic E-state index is -0.934. The predicted octanol–water partition coefficient (Wildman–Crippen LogP) is 2.05.